The van der Waals surface area contributed by atoms with Gasteiger partial charge in [0.2, 0.25) is 0 Å². The van der Waals surface area contributed by atoms with Gasteiger partial charge in [0.05, 0.1) is 12.7 Å². The Labute approximate surface area is 109 Å². The Morgan fingerprint density at radius 2 is 2.17 bits per heavy atom. The largest absolute Gasteiger partial charge is 0.387 e. The third kappa shape index (κ3) is 3.31. The summed E-state index contributed by atoms with van der Waals surface area (Å²) in [5, 5.41) is 13.5. The first-order valence-electron chi connectivity index (χ1n) is 6.79. The summed E-state index contributed by atoms with van der Waals surface area (Å²) in [6.45, 7) is 2.04. The molecule has 1 aliphatic carbocycles. The quantitative estimate of drug-likeness (QED) is 0.728. The van der Waals surface area contributed by atoms with Crippen molar-refractivity contribution in [2.24, 2.45) is 0 Å². The lowest BCUT2D eigenvalue weighted by atomic mass is 9.77. The fraction of sp³-hybridized carbons (Fsp3) is 0.600. The van der Waals surface area contributed by atoms with Crippen LogP contribution in [0.4, 0.5) is 0 Å². The van der Waals surface area contributed by atoms with E-state index < -0.39 is 6.10 Å². The number of ether oxygens (including phenoxy) is 1. The number of nitrogens with one attached hydrogen (secondary N) is 1. The minimum Gasteiger partial charge on any atom is -0.387 e. The van der Waals surface area contributed by atoms with Crippen molar-refractivity contribution >= 4 is 0 Å². The zero-order valence-corrected chi connectivity index (χ0v) is 11.1. The molecule has 0 aromatic heterocycles. The van der Waals surface area contributed by atoms with Crippen LogP contribution in [-0.4, -0.2) is 31.9 Å². The third-order valence-corrected chi connectivity index (χ3v) is 3.72. The molecule has 2 rings (SSSR count). The zero-order chi connectivity index (χ0) is 12.8. The predicted molar refractivity (Wildman–Crippen MR) is 72.7 cm³/mol. The number of aliphatic hydroxyl groups is 1. The van der Waals surface area contributed by atoms with Gasteiger partial charge in [0.25, 0.3) is 0 Å². The van der Waals surface area contributed by atoms with Crippen molar-refractivity contribution in [1.29, 1.82) is 0 Å². The number of rotatable bonds is 7. The Morgan fingerprint density at radius 3 is 2.83 bits per heavy atom. The molecule has 1 aromatic rings. The molecule has 1 aromatic carbocycles. The Kier molecular flexibility index (Phi) is 5.17. The van der Waals surface area contributed by atoms with E-state index in [4.69, 9.17) is 4.74 Å². The normalized spacial score (nSPS) is 17.4. The summed E-state index contributed by atoms with van der Waals surface area (Å²) < 4.78 is 4.97. The van der Waals surface area contributed by atoms with Crippen molar-refractivity contribution in [3.63, 3.8) is 0 Å². The molecular weight excluding hydrogens is 226 g/mol. The second-order valence-corrected chi connectivity index (χ2v) is 4.97. The maximum Gasteiger partial charge on any atom is 0.0917 e. The molecule has 0 spiro atoms. The van der Waals surface area contributed by atoms with E-state index in [9.17, 15) is 5.11 Å². The van der Waals surface area contributed by atoms with Crippen LogP contribution >= 0.6 is 0 Å². The summed E-state index contributed by atoms with van der Waals surface area (Å²) in [6.07, 6.45) is 3.43. The number of methoxy groups -OCH3 is 1. The van der Waals surface area contributed by atoms with Crippen LogP contribution in [0.2, 0.25) is 0 Å². The van der Waals surface area contributed by atoms with Gasteiger partial charge >= 0.3 is 0 Å². The molecule has 100 valence electrons. The van der Waals surface area contributed by atoms with Gasteiger partial charge in [-0.25, -0.2) is 0 Å². The van der Waals surface area contributed by atoms with E-state index in [2.05, 4.69) is 23.5 Å². The van der Waals surface area contributed by atoms with Gasteiger partial charge in [0.1, 0.15) is 0 Å². The van der Waals surface area contributed by atoms with Crippen LogP contribution in [0.1, 0.15) is 42.4 Å². The van der Waals surface area contributed by atoms with Gasteiger partial charge < -0.3 is 15.2 Å². The van der Waals surface area contributed by atoms with E-state index in [1.54, 1.807) is 7.11 Å². The van der Waals surface area contributed by atoms with Crippen molar-refractivity contribution in [2.45, 2.75) is 31.3 Å². The van der Waals surface area contributed by atoms with Crippen molar-refractivity contribution in [1.82, 2.24) is 5.32 Å². The first-order chi connectivity index (χ1) is 8.83. The lowest BCUT2D eigenvalue weighted by Crippen LogP contribution is -2.26. The molecule has 1 fully saturated rings. The molecule has 0 amide bonds. The highest BCUT2D eigenvalue weighted by molar-refractivity contribution is 5.33. The van der Waals surface area contributed by atoms with Crippen molar-refractivity contribution in [3.8, 4) is 0 Å². The maximum atomic E-state index is 10.3. The number of hydrogen-bond acceptors (Lipinski definition) is 3. The highest BCUT2D eigenvalue weighted by atomic mass is 16.5. The standard InChI is InChI=1S/C15H23NO2/c1-18-10-9-16-11-15(17)14-8-3-2-7-13(14)12-5-4-6-12/h2-3,7-8,12,15-17H,4-6,9-11H2,1H3. The molecule has 1 aliphatic rings. The van der Waals surface area contributed by atoms with Gasteiger partial charge in [-0.2, -0.15) is 0 Å². The van der Waals surface area contributed by atoms with Crippen LogP contribution in [0, 0.1) is 0 Å². The highest BCUT2D eigenvalue weighted by Gasteiger charge is 2.23. The second kappa shape index (κ2) is 6.88. The van der Waals surface area contributed by atoms with Crippen LogP contribution in [0.5, 0.6) is 0 Å². The summed E-state index contributed by atoms with van der Waals surface area (Å²) in [6, 6.07) is 8.30. The van der Waals surface area contributed by atoms with Crippen molar-refractivity contribution in [2.75, 3.05) is 26.8 Å². The van der Waals surface area contributed by atoms with E-state index in [1.165, 1.54) is 24.8 Å². The first-order valence-corrected chi connectivity index (χ1v) is 6.79. The Bertz CT molecular complexity index is 363. The topological polar surface area (TPSA) is 41.5 Å². The van der Waals surface area contributed by atoms with Crippen molar-refractivity contribution < 1.29 is 9.84 Å². The monoisotopic (exact) mass is 249 g/mol. The van der Waals surface area contributed by atoms with Crippen LogP contribution < -0.4 is 5.32 Å². The maximum absolute atomic E-state index is 10.3. The van der Waals surface area contributed by atoms with Crippen LogP contribution in [0.3, 0.4) is 0 Å². The molecule has 0 heterocycles. The first kappa shape index (κ1) is 13.5. The molecule has 1 saturated carbocycles. The van der Waals surface area contributed by atoms with E-state index in [1.807, 2.05) is 6.07 Å². The van der Waals surface area contributed by atoms with Crippen molar-refractivity contribution in [3.05, 3.63) is 35.4 Å². The number of aliphatic hydroxyl groups excluding tert-OH is 1. The fourth-order valence-corrected chi connectivity index (χ4v) is 2.43. The van der Waals surface area contributed by atoms with Gasteiger partial charge in [-0.1, -0.05) is 30.7 Å². The SMILES string of the molecule is COCCNCC(O)c1ccccc1C1CCC1. The third-order valence-electron chi connectivity index (χ3n) is 3.72. The Hall–Kier alpha value is -0.900. The van der Waals surface area contributed by atoms with E-state index in [0.717, 1.165) is 12.1 Å². The van der Waals surface area contributed by atoms with Gasteiger partial charge in [-0.3, -0.25) is 0 Å². The number of benzene rings is 1. The van der Waals surface area contributed by atoms with E-state index in [-0.39, 0.29) is 0 Å². The molecule has 1 atom stereocenters. The molecule has 0 saturated heterocycles. The lowest BCUT2D eigenvalue weighted by molar-refractivity contribution is 0.160. The molecule has 0 aliphatic heterocycles. The van der Waals surface area contributed by atoms with E-state index >= 15 is 0 Å². The second-order valence-electron chi connectivity index (χ2n) is 4.97. The molecule has 3 heteroatoms. The number of hydrogen-bond donors (Lipinski definition) is 2. The summed E-state index contributed by atoms with van der Waals surface area (Å²) >= 11 is 0. The summed E-state index contributed by atoms with van der Waals surface area (Å²) in [5.74, 6) is 0.662. The van der Waals surface area contributed by atoms with Gasteiger partial charge in [-0.05, 0) is 29.9 Å². The average Bonchev–Trinajstić information content (AvgIpc) is 2.33. The molecule has 0 bridgehead atoms. The molecule has 3 nitrogen and oxygen atoms in total. The fourth-order valence-electron chi connectivity index (χ4n) is 2.43. The molecule has 1 unspecified atom stereocenters. The Morgan fingerprint density at radius 1 is 1.39 bits per heavy atom. The summed E-state index contributed by atoms with van der Waals surface area (Å²) in [4.78, 5) is 0. The van der Waals surface area contributed by atoms with Gasteiger partial charge in [0, 0.05) is 20.2 Å². The molecule has 2 N–H and O–H groups in total. The summed E-state index contributed by atoms with van der Waals surface area (Å²) in [5.41, 5.74) is 2.43. The summed E-state index contributed by atoms with van der Waals surface area (Å²) in [7, 11) is 1.68. The van der Waals surface area contributed by atoms with Crippen LogP contribution in [0.15, 0.2) is 24.3 Å². The Balaban J connectivity index is 1.93. The van der Waals surface area contributed by atoms with Gasteiger partial charge in [0.15, 0.2) is 0 Å². The highest BCUT2D eigenvalue weighted by Crippen LogP contribution is 2.39. The smallest absolute Gasteiger partial charge is 0.0917 e. The average molecular weight is 249 g/mol. The molecule has 18 heavy (non-hydrogen) atoms. The lowest BCUT2D eigenvalue weighted by Gasteiger charge is -2.29. The molecular formula is C15H23NO2. The zero-order valence-electron chi connectivity index (χ0n) is 11.1. The van der Waals surface area contributed by atoms with Crippen LogP contribution in [0.25, 0.3) is 0 Å². The van der Waals surface area contributed by atoms with E-state index in [0.29, 0.717) is 19.1 Å². The molecule has 0 radical (unpaired) electrons. The minimum atomic E-state index is -0.418. The predicted octanol–water partition coefficient (Wildman–Crippen LogP) is 2.22. The minimum absolute atomic E-state index is 0.418. The van der Waals surface area contributed by atoms with Crippen LogP contribution in [-0.2, 0) is 4.74 Å². The van der Waals surface area contributed by atoms with Gasteiger partial charge in [-0.15, -0.1) is 0 Å².